The highest BCUT2D eigenvalue weighted by Gasteiger charge is 2.24. The zero-order valence-corrected chi connectivity index (χ0v) is 15.4. The molecule has 0 fully saturated rings. The van der Waals surface area contributed by atoms with E-state index in [4.69, 9.17) is 9.47 Å². The Balaban J connectivity index is 1.74. The summed E-state index contributed by atoms with van der Waals surface area (Å²) < 4.78 is 10.6. The van der Waals surface area contributed by atoms with Gasteiger partial charge in [-0.3, -0.25) is 9.59 Å². The van der Waals surface area contributed by atoms with Gasteiger partial charge in [0, 0.05) is 6.07 Å². The van der Waals surface area contributed by atoms with Crippen LogP contribution in [0, 0.1) is 0 Å². The number of ether oxygens (including phenoxy) is 2. The number of rotatable bonds is 5. The van der Waals surface area contributed by atoms with Gasteiger partial charge in [0.2, 0.25) is 5.43 Å². The largest absolute Gasteiger partial charge is 0.497 e. The Kier molecular flexibility index (Phi) is 4.44. The van der Waals surface area contributed by atoms with Crippen molar-refractivity contribution in [3.8, 4) is 22.6 Å². The van der Waals surface area contributed by atoms with E-state index in [1.54, 1.807) is 32.4 Å². The van der Waals surface area contributed by atoms with E-state index in [1.165, 1.54) is 17.5 Å². The number of aryl methyl sites for hydroxylation is 2. The fraction of sp³-hybridized carbons (Fsp3) is 0.273. The van der Waals surface area contributed by atoms with Crippen LogP contribution in [0.3, 0.4) is 0 Å². The first-order valence-electron chi connectivity index (χ1n) is 9.07. The van der Waals surface area contributed by atoms with Gasteiger partial charge >= 0.3 is 0 Å². The molecule has 0 aromatic heterocycles. The molecule has 3 aromatic carbocycles. The summed E-state index contributed by atoms with van der Waals surface area (Å²) in [6, 6.07) is 11.3. The molecule has 0 spiro atoms. The topological polar surface area (TPSA) is 64.6 Å². The summed E-state index contributed by atoms with van der Waals surface area (Å²) in [7, 11) is 3.13. The Morgan fingerprint density at radius 2 is 1.63 bits per heavy atom. The number of hydrogen-bond acceptors (Lipinski definition) is 5. The average Bonchev–Trinajstić information content (AvgIpc) is 2.72. The van der Waals surface area contributed by atoms with Crippen molar-refractivity contribution in [2.24, 2.45) is 0 Å². The molecule has 0 aliphatic heterocycles. The normalized spacial score (nSPS) is 13.3. The Bertz CT molecular complexity index is 1080. The maximum absolute atomic E-state index is 12.3. The molecule has 5 nitrogen and oxygen atoms in total. The third-order valence-electron chi connectivity index (χ3n) is 5.21. The second kappa shape index (κ2) is 6.91. The third-order valence-corrected chi connectivity index (χ3v) is 5.21. The number of benzene rings is 2. The van der Waals surface area contributed by atoms with E-state index in [9.17, 15) is 9.59 Å². The minimum Gasteiger partial charge on any atom is -0.497 e. The first-order valence-corrected chi connectivity index (χ1v) is 9.07. The maximum atomic E-state index is 12.3. The Morgan fingerprint density at radius 3 is 2.37 bits per heavy atom. The summed E-state index contributed by atoms with van der Waals surface area (Å²) in [6.07, 6.45) is 4.46. The first-order chi connectivity index (χ1) is 13.1. The molecule has 0 radical (unpaired) electrons. The molecule has 1 aliphatic rings. The van der Waals surface area contributed by atoms with E-state index in [1.807, 2.05) is 6.07 Å². The van der Waals surface area contributed by atoms with Crippen LogP contribution >= 0.6 is 0 Å². The van der Waals surface area contributed by atoms with Gasteiger partial charge in [0.1, 0.15) is 17.2 Å². The van der Waals surface area contributed by atoms with E-state index >= 15 is 0 Å². The zero-order chi connectivity index (χ0) is 19.0. The number of anilines is 2. The number of fused-ring (bicyclic) bond motifs is 1. The highest BCUT2D eigenvalue weighted by Crippen LogP contribution is 2.35. The summed E-state index contributed by atoms with van der Waals surface area (Å²) >= 11 is 0. The average molecular weight is 363 g/mol. The number of hydrogen-bond donors (Lipinski definition) is 1. The minimum absolute atomic E-state index is 0.308. The van der Waals surface area contributed by atoms with Gasteiger partial charge in [-0.05, 0) is 54.5 Å². The Morgan fingerprint density at radius 1 is 0.852 bits per heavy atom. The molecule has 3 aromatic rings. The van der Waals surface area contributed by atoms with Gasteiger partial charge in [-0.15, -0.1) is 0 Å². The summed E-state index contributed by atoms with van der Waals surface area (Å²) in [5.74, 6) is 1.20. The molecule has 0 amide bonds. The molecule has 0 heterocycles. The fourth-order valence-electron chi connectivity index (χ4n) is 3.72. The lowest BCUT2D eigenvalue weighted by atomic mass is 9.88. The molecule has 4 rings (SSSR count). The van der Waals surface area contributed by atoms with E-state index < -0.39 is 10.9 Å². The van der Waals surface area contributed by atoms with Crippen molar-refractivity contribution >= 4 is 11.4 Å². The predicted molar refractivity (Wildman–Crippen MR) is 106 cm³/mol. The fourth-order valence-corrected chi connectivity index (χ4v) is 3.72. The van der Waals surface area contributed by atoms with Crippen LogP contribution < -0.4 is 25.6 Å². The van der Waals surface area contributed by atoms with Crippen LogP contribution in [0.2, 0.25) is 0 Å². The lowest BCUT2D eigenvalue weighted by Crippen LogP contribution is -2.35. The number of methoxy groups -OCH3 is 2. The Labute approximate surface area is 157 Å². The summed E-state index contributed by atoms with van der Waals surface area (Å²) in [4.78, 5) is 24.6. The van der Waals surface area contributed by atoms with Crippen molar-refractivity contribution in [2.75, 3.05) is 19.5 Å². The summed E-state index contributed by atoms with van der Waals surface area (Å²) in [5.41, 5.74) is 3.79. The van der Waals surface area contributed by atoms with E-state index in [2.05, 4.69) is 17.4 Å². The van der Waals surface area contributed by atoms with Gasteiger partial charge < -0.3 is 14.8 Å². The van der Waals surface area contributed by atoms with Gasteiger partial charge in [0.25, 0.3) is 5.43 Å². The van der Waals surface area contributed by atoms with Crippen LogP contribution in [0.1, 0.15) is 24.0 Å². The van der Waals surface area contributed by atoms with Crippen molar-refractivity contribution in [2.45, 2.75) is 25.7 Å². The van der Waals surface area contributed by atoms with Gasteiger partial charge in [-0.1, -0.05) is 18.2 Å². The van der Waals surface area contributed by atoms with Gasteiger partial charge in [-0.25, -0.2) is 0 Å². The molecular formula is C22H21NO4. The van der Waals surface area contributed by atoms with Crippen LogP contribution in [-0.2, 0) is 12.8 Å². The second-order valence-corrected chi connectivity index (χ2v) is 6.79. The molecule has 1 N–H and O–H groups in total. The predicted octanol–water partition coefficient (Wildman–Crippen LogP) is 3.59. The number of nitrogens with one attached hydrogen (secondary N) is 1. The molecule has 0 unspecified atom stereocenters. The molecule has 5 heteroatoms. The molecule has 138 valence electrons. The van der Waals surface area contributed by atoms with E-state index in [0.29, 0.717) is 28.4 Å². The van der Waals surface area contributed by atoms with Crippen molar-refractivity contribution < 1.29 is 9.47 Å². The van der Waals surface area contributed by atoms with Crippen molar-refractivity contribution in [3.63, 3.8) is 0 Å². The molecule has 0 saturated carbocycles. The maximum Gasteiger partial charge on any atom is 0.250 e. The zero-order valence-electron chi connectivity index (χ0n) is 15.4. The smallest absolute Gasteiger partial charge is 0.250 e. The van der Waals surface area contributed by atoms with Crippen LogP contribution in [0.25, 0.3) is 11.1 Å². The lowest BCUT2D eigenvalue weighted by Gasteiger charge is -2.19. The molecule has 0 saturated heterocycles. The van der Waals surface area contributed by atoms with Gasteiger partial charge in [-0.2, -0.15) is 0 Å². The van der Waals surface area contributed by atoms with E-state index in [-0.39, 0.29) is 0 Å². The van der Waals surface area contributed by atoms with Crippen LogP contribution in [-0.4, -0.2) is 14.2 Å². The van der Waals surface area contributed by atoms with Crippen molar-refractivity contribution in [1.82, 2.24) is 0 Å². The first kappa shape index (κ1) is 17.3. The molecule has 1 aliphatic carbocycles. The van der Waals surface area contributed by atoms with Crippen molar-refractivity contribution in [1.29, 1.82) is 0 Å². The summed E-state index contributed by atoms with van der Waals surface area (Å²) in [5, 5.41) is 3.09. The lowest BCUT2D eigenvalue weighted by molar-refractivity contribution is 0.405. The third kappa shape index (κ3) is 2.99. The molecule has 0 atom stereocenters. The van der Waals surface area contributed by atoms with Gasteiger partial charge in [0.15, 0.2) is 0 Å². The monoisotopic (exact) mass is 363 g/mol. The Hall–Kier alpha value is -3.08. The summed E-state index contributed by atoms with van der Waals surface area (Å²) in [6.45, 7) is 0. The van der Waals surface area contributed by atoms with Crippen LogP contribution in [0.4, 0.5) is 11.4 Å². The molecule has 27 heavy (non-hydrogen) atoms. The second-order valence-electron chi connectivity index (χ2n) is 6.79. The standard InChI is InChI=1S/C22H21NO4/c1-26-16-9-10-18(27-2)17(12-16)23-20-19(21(24)22(20)25)15-8-7-13-5-3-4-6-14(13)11-15/h7-12,23H,3-6H2,1-2H3. The van der Waals surface area contributed by atoms with Crippen LogP contribution in [0.15, 0.2) is 46.0 Å². The quantitative estimate of drug-likeness (QED) is 0.702. The minimum atomic E-state index is -0.507. The highest BCUT2D eigenvalue weighted by molar-refractivity contribution is 5.86. The molecular weight excluding hydrogens is 342 g/mol. The van der Waals surface area contributed by atoms with Crippen molar-refractivity contribution in [3.05, 3.63) is 68.0 Å². The van der Waals surface area contributed by atoms with Crippen LogP contribution in [0.5, 0.6) is 11.5 Å². The molecule has 0 bridgehead atoms. The van der Waals surface area contributed by atoms with Gasteiger partial charge in [0.05, 0.1) is 25.5 Å². The SMILES string of the molecule is COc1ccc(OC)c(Nc2c(-c3ccc4c(c3)CCCC4)c(=O)c2=O)c1. The highest BCUT2D eigenvalue weighted by atomic mass is 16.5. The van der Waals surface area contributed by atoms with E-state index in [0.717, 1.165) is 24.8 Å².